The maximum Gasteiger partial charge on any atom is 0.130 e. The Bertz CT molecular complexity index is 637. The van der Waals surface area contributed by atoms with Gasteiger partial charge in [0.15, 0.2) is 0 Å². The number of hydrogen-bond acceptors (Lipinski definition) is 2. The molecule has 0 saturated heterocycles. The highest BCUT2D eigenvalue weighted by atomic mass is 79.9. The second-order valence-electron chi connectivity index (χ2n) is 6.72. The molecule has 2 aromatic carbocycles. The molecule has 0 aliphatic carbocycles. The molecular formula is C21H29BrO2. The molecule has 0 fully saturated rings. The molecule has 0 radical (unpaired) electrons. The van der Waals surface area contributed by atoms with Crippen LogP contribution in [0, 0.1) is 12.8 Å². The molecule has 2 rings (SSSR count). The number of benzene rings is 2. The number of halogens is 1. The molecule has 24 heavy (non-hydrogen) atoms. The summed E-state index contributed by atoms with van der Waals surface area (Å²) in [6.45, 7) is 7.96. The summed E-state index contributed by atoms with van der Waals surface area (Å²) >= 11 is 3.48. The molecule has 0 aliphatic heterocycles. The first-order valence-electron chi connectivity index (χ1n) is 8.97. The van der Waals surface area contributed by atoms with Gasteiger partial charge in [-0.2, -0.15) is 0 Å². The molecule has 0 amide bonds. The Balaban J connectivity index is 2.12. The molecule has 3 heteroatoms. The van der Waals surface area contributed by atoms with Gasteiger partial charge in [-0.25, -0.2) is 0 Å². The van der Waals surface area contributed by atoms with E-state index >= 15 is 0 Å². The van der Waals surface area contributed by atoms with Crippen molar-refractivity contribution in [2.75, 3.05) is 18.5 Å². The predicted octanol–water partition coefficient (Wildman–Crippen LogP) is 6.52. The zero-order valence-corrected chi connectivity index (χ0v) is 16.7. The summed E-state index contributed by atoms with van der Waals surface area (Å²) in [6.07, 6.45) is 4.82. The number of aryl methyl sites for hydroxylation is 1. The van der Waals surface area contributed by atoms with E-state index in [1.807, 2.05) is 0 Å². The molecule has 0 aliphatic rings. The third-order valence-electron chi connectivity index (χ3n) is 3.99. The van der Waals surface area contributed by atoms with Gasteiger partial charge in [0, 0.05) is 16.1 Å². The molecular weight excluding hydrogens is 364 g/mol. The summed E-state index contributed by atoms with van der Waals surface area (Å²) in [5.74, 6) is 2.48. The first-order valence-corrected chi connectivity index (χ1v) is 10.1. The highest BCUT2D eigenvalue weighted by Gasteiger charge is 2.12. The molecule has 2 nitrogen and oxygen atoms in total. The monoisotopic (exact) mass is 392 g/mol. The fraction of sp³-hybridized carbons (Fsp3) is 0.524. The summed E-state index contributed by atoms with van der Waals surface area (Å²) < 4.78 is 12.2. The number of alkyl halides is 1. The molecule has 132 valence electrons. The molecule has 0 atom stereocenters. The minimum absolute atomic E-state index is 0.513. The fourth-order valence-electron chi connectivity index (χ4n) is 2.74. The minimum atomic E-state index is 0.513. The van der Waals surface area contributed by atoms with Crippen LogP contribution in [0.3, 0.4) is 0 Å². The molecule has 0 bridgehead atoms. The highest BCUT2D eigenvalue weighted by Crippen LogP contribution is 2.36. The van der Waals surface area contributed by atoms with Crippen molar-refractivity contribution in [3.63, 3.8) is 0 Å². The van der Waals surface area contributed by atoms with E-state index in [0.29, 0.717) is 5.92 Å². The largest absolute Gasteiger partial charge is 0.493 e. The Morgan fingerprint density at radius 1 is 0.958 bits per heavy atom. The zero-order valence-electron chi connectivity index (χ0n) is 15.1. The summed E-state index contributed by atoms with van der Waals surface area (Å²) in [5.41, 5.74) is 1.14. The van der Waals surface area contributed by atoms with E-state index in [2.05, 4.69) is 67.0 Å². The van der Waals surface area contributed by atoms with Gasteiger partial charge in [-0.3, -0.25) is 0 Å². The van der Waals surface area contributed by atoms with Gasteiger partial charge in [0.05, 0.1) is 13.2 Å². The standard InChI is InChI=1S/C21H29BrO2/c1-16(2)15-24-21-17(3)14-20(18-10-6-7-11-19(18)21)23-13-9-5-4-8-12-22/h6-7,10-11,14,16H,4-5,8-9,12-13,15H2,1-3H3. The van der Waals surface area contributed by atoms with Gasteiger partial charge < -0.3 is 9.47 Å². The van der Waals surface area contributed by atoms with Crippen molar-refractivity contribution in [3.05, 3.63) is 35.9 Å². The predicted molar refractivity (Wildman–Crippen MR) is 107 cm³/mol. The number of unbranched alkanes of at least 4 members (excludes halogenated alkanes) is 3. The van der Waals surface area contributed by atoms with Crippen LogP contribution in [0.1, 0.15) is 45.1 Å². The third kappa shape index (κ3) is 5.41. The van der Waals surface area contributed by atoms with Gasteiger partial charge in [0.25, 0.3) is 0 Å². The van der Waals surface area contributed by atoms with Crippen LogP contribution >= 0.6 is 15.9 Å². The van der Waals surface area contributed by atoms with Crippen LogP contribution < -0.4 is 9.47 Å². The Kier molecular flexibility index (Phi) is 7.90. The summed E-state index contributed by atoms with van der Waals surface area (Å²) in [4.78, 5) is 0. The topological polar surface area (TPSA) is 18.5 Å². The van der Waals surface area contributed by atoms with E-state index in [9.17, 15) is 0 Å². The van der Waals surface area contributed by atoms with E-state index in [-0.39, 0.29) is 0 Å². The van der Waals surface area contributed by atoms with Crippen molar-refractivity contribution >= 4 is 26.7 Å². The van der Waals surface area contributed by atoms with Crippen molar-refractivity contribution in [1.82, 2.24) is 0 Å². The SMILES string of the molecule is Cc1cc(OCCCCCCBr)c2ccccc2c1OCC(C)C. The van der Waals surface area contributed by atoms with Crippen molar-refractivity contribution in [2.45, 2.75) is 46.5 Å². The van der Waals surface area contributed by atoms with Gasteiger partial charge >= 0.3 is 0 Å². The normalized spacial score (nSPS) is 11.2. The zero-order chi connectivity index (χ0) is 17.4. The average molecular weight is 393 g/mol. The lowest BCUT2D eigenvalue weighted by molar-refractivity contribution is 0.271. The lowest BCUT2D eigenvalue weighted by Gasteiger charge is -2.17. The van der Waals surface area contributed by atoms with Crippen molar-refractivity contribution in [3.8, 4) is 11.5 Å². The van der Waals surface area contributed by atoms with Crippen LogP contribution in [0.2, 0.25) is 0 Å². The number of ether oxygens (including phenoxy) is 2. The molecule has 2 aromatic rings. The van der Waals surface area contributed by atoms with Crippen LogP contribution in [0.4, 0.5) is 0 Å². The second kappa shape index (κ2) is 9.93. The smallest absolute Gasteiger partial charge is 0.130 e. The maximum atomic E-state index is 6.09. The van der Waals surface area contributed by atoms with Gasteiger partial charge in [0.1, 0.15) is 11.5 Å². The quantitative estimate of drug-likeness (QED) is 0.338. The van der Waals surface area contributed by atoms with Crippen LogP contribution in [-0.4, -0.2) is 18.5 Å². The average Bonchev–Trinajstić information content (AvgIpc) is 2.57. The summed E-state index contributed by atoms with van der Waals surface area (Å²) in [6, 6.07) is 10.5. The Labute approximate surface area is 154 Å². The minimum Gasteiger partial charge on any atom is -0.493 e. The van der Waals surface area contributed by atoms with Crippen molar-refractivity contribution in [1.29, 1.82) is 0 Å². The van der Waals surface area contributed by atoms with Gasteiger partial charge in [0.2, 0.25) is 0 Å². The lowest BCUT2D eigenvalue weighted by atomic mass is 10.0. The summed E-state index contributed by atoms with van der Waals surface area (Å²) in [5, 5.41) is 3.38. The van der Waals surface area contributed by atoms with E-state index in [1.165, 1.54) is 19.3 Å². The fourth-order valence-corrected chi connectivity index (χ4v) is 3.14. The third-order valence-corrected chi connectivity index (χ3v) is 4.55. The number of rotatable bonds is 10. The van der Waals surface area contributed by atoms with Crippen LogP contribution in [0.5, 0.6) is 11.5 Å². The van der Waals surface area contributed by atoms with E-state index < -0.39 is 0 Å². The van der Waals surface area contributed by atoms with E-state index in [0.717, 1.165) is 52.8 Å². The van der Waals surface area contributed by atoms with Crippen LogP contribution in [0.15, 0.2) is 30.3 Å². The van der Waals surface area contributed by atoms with E-state index in [1.54, 1.807) is 0 Å². The molecule has 0 heterocycles. The van der Waals surface area contributed by atoms with Crippen LogP contribution in [0.25, 0.3) is 10.8 Å². The Hall–Kier alpha value is -1.22. The molecule has 0 spiro atoms. The Morgan fingerprint density at radius 3 is 2.38 bits per heavy atom. The van der Waals surface area contributed by atoms with Gasteiger partial charge in [-0.15, -0.1) is 0 Å². The lowest BCUT2D eigenvalue weighted by Crippen LogP contribution is -2.06. The molecule has 0 saturated carbocycles. The first kappa shape index (κ1) is 19.1. The van der Waals surface area contributed by atoms with Crippen molar-refractivity contribution in [2.24, 2.45) is 5.92 Å². The van der Waals surface area contributed by atoms with Gasteiger partial charge in [-0.05, 0) is 37.3 Å². The summed E-state index contributed by atoms with van der Waals surface area (Å²) in [7, 11) is 0. The Morgan fingerprint density at radius 2 is 1.67 bits per heavy atom. The first-order chi connectivity index (χ1) is 11.6. The molecule has 0 aromatic heterocycles. The molecule has 0 unspecified atom stereocenters. The molecule has 0 N–H and O–H groups in total. The maximum absolute atomic E-state index is 6.09. The van der Waals surface area contributed by atoms with Crippen LogP contribution in [-0.2, 0) is 0 Å². The highest BCUT2D eigenvalue weighted by molar-refractivity contribution is 9.09. The number of fused-ring (bicyclic) bond motifs is 1. The number of hydrogen-bond donors (Lipinski definition) is 0. The van der Waals surface area contributed by atoms with Gasteiger partial charge in [-0.1, -0.05) is 66.9 Å². The van der Waals surface area contributed by atoms with Crippen molar-refractivity contribution < 1.29 is 9.47 Å². The second-order valence-corrected chi connectivity index (χ2v) is 7.52. The van der Waals surface area contributed by atoms with E-state index in [4.69, 9.17) is 9.47 Å².